The van der Waals surface area contributed by atoms with Gasteiger partial charge in [0.15, 0.2) is 5.82 Å². The van der Waals surface area contributed by atoms with Gasteiger partial charge in [0.1, 0.15) is 11.5 Å². The second-order valence-corrected chi connectivity index (χ2v) is 8.41. The first kappa shape index (κ1) is 21.8. The van der Waals surface area contributed by atoms with Crippen molar-refractivity contribution in [1.82, 2.24) is 25.3 Å². The number of aryl methyl sites for hydroxylation is 1. The van der Waals surface area contributed by atoms with Crippen LogP contribution in [0.4, 0.5) is 5.82 Å². The van der Waals surface area contributed by atoms with Crippen molar-refractivity contribution in [1.29, 1.82) is 0 Å². The van der Waals surface area contributed by atoms with Crippen LogP contribution in [0.1, 0.15) is 42.1 Å². The molecule has 2 amide bonds. The molecule has 0 radical (unpaired) electrons. The maximum Gasteiger partial charge on any atom is 0.271 e. The third-order valence-electron chi connectivity index (χ3n) is 5.91. The summed E-state index contributed by atoms with van der Waals surface area (Å²) in [5.74, 6) is 0.581. The van der Waals surface area contributed by atoms with Crippen LogP contribution in [0.25, 0.3) is 5.57 Å². The summed E-state index contributed by atoms with van der Waals surface area (Å²) < 4.78 is 4.96. The fourth-order valence-electron chi connectivity index (χ4n) is 4.03. The molecule has 1 aliphatic carbocycles. The second-order valence-electron chi connectivity index (χ2n) is 8.41. The first-order valence-corrected chi connectivity index (χ1v) is 10.5. The van der Waals surface area contributed by atoms with E-state index in [4.69, 9.17) is 4.74 Å². The van der Waals surface area contributed by atoms with E-state index < -0.39 is 5.41 Å². The van der Waals surface area contributed by atoms with E-state index in [0.717, 1.165) is 16.8 Å². The van der Waals surface area contributed by atoms with Crippen molar-refractivity contribution in [3.63, 3.8) is 0 Å². The van der Waals surface area contributed by atoms with Gasteiger partial charge in [0.2, 0.25) is 5.91 Å². The average molecular weight is 435 g/mol. The molecule has 1 atom stereocenters. The minimum Gasteiger partial charge on any atom is -0.383 e. The summed E-state index contributed by atoms with van der Waals surface area (Å²) >= 11 is 0. The number of amides is 2. The molecule has 4 rings (SSSR count). The summed E-state index contributed by atoms with van der Waals surface area (Å²) in [7, 11) is 1.56. The molecule has 1 unspecified atom stereocenters. The van der Waals surface area contributed by atoms with E-state index >= 15 is 0 Å². The fraction of sp³-hybridized carbons (Fsp3) is 0.391. The monoisotopic (exact) mass is 434 g/mol. The average Bonchev–Trinajstić information content (AvgIpc) is 2.99. The SMILES string of the molecule is COCCNC(=O)c1cncc(N2C(=O)C(C)(C)C3CC=C(c4cnc(C)nc4)C=C32)n1. The molecular weight excluding hydrogens is 408 g/mol. The second kappa shape index (κ2) is 8.58. The maximum atomic E-state index is 13.4. The first-order valence-electron chi connectivity index (χ1n) is 10.5. The van der Waals surface area contributed by atoms with Gasteiger partial charge in [-0.1, -0.05) is 19.9 Å². The molecule has 1 fully saturated rings. The molecule has 0 spiro atoms. The van der Waals surface area contributed by atoms with Gasteiger partial charge in [-0.2, -0.15) is 0 Å². The zero-order valence-corrected chi connectivity index (χ0v) is 18.6. The van der Waals surface area contributed by atoms with Gasteiger partial charge in [-0.15, -0.1) is 0 Å². The van der Waals surface area contributed by atoms with Crippen molar-refractivity contribution in [3.05, 3.63) is 59.7 Å². The van der Waals surface area contributed by atoms with Crippen molar-refractivity contribution in [2.24, 2.45) is 11.3 Å². The van der Waals surface area contributed by atoms with Gasteiger partial charge in [0, 0.05) is 43.2 Å². The van der Waals surface area contributed by atoms with Gasteiger partial charge in [-0.05, 0) is 25.0 Å². The van der Waals surface area contributed by atoms with Crippen LogP contribution in [0.2, 0.25) is 0 Å². The molecule has 2 aliphatic rings. The summed E-state index contributed by atoms with van der Waals surface area (Å²) in [5.41, 5.74) is 2.20. The number of hydrogen-bond donors (Lipinski definition) is 1. The Hall–Kier alpha value is -3.46. The number of ether oxygens (including phenoxy) is 1. The third-order valence-corrected chi connectivity index (χ3v) is 5.91. The molecule has 1 saturated heterocycles. The smallest absolute Gasteiger partial charge is 0.271 e. The molecule has 0 saturated carbocycles. The highest BCUT2D eigenvalue weighted by molar-refractivity contribution is 6.04. The topological polar surface area (TPSA) is 110 Å². The van der Waals surface area contributed by atoms with E-state index in [2.05, 4.69) is 31.3 Å². The normalized spacial score (nSPS) is 19.3. The van der Waals surface area contributed by atoms with Crippen LogP contribution in [-0.2, 0) is 9.53 Å². The lowest BCUT2D eigenvalue weighted by Gasteiger charge is -2.25. The summed E-state index contributed by atoms with van der Waals surface area (Å²) in [6.07, 6.45) is 11.3. The number of nitrogens with one attached hydrogen (secondary N) is 1. The summed E-state index contributed by atoms with van der Waals surface area (Å²) in [5, 5.41) is 2.73. The first-order chi connectivity index (χ1) is 15.3. The van der Waals surface area contributed by atoms with Crippen molar-refractivity contribution in [3.8, 4) is 0 Å². The minimum atomic E-state index is -0.615. The molecule has 0 bridgehead atoms. The van der Waals surface area contributed by atoms with Gasteiger partial charge >= 0.3 is 0 Å². The van der Waals surface area contributed by atoms with Crippen molar-refractivity contribution in [2.75, 3.05) is 25.2 Å². The predicted molar refractivity (Wildman–Crippen MR) is 118 cm³/mol. The number of carbonyl (C=O) groups is 2. The Morgan fingerprint density at radius 3 is 2.72 bits per heavy atom. The largest absolute Gasteiger partial charge is 0.383 e. The number of methoxy groups -OCH3 is 1. The molecule has 1 aliphatic heterocycles. The number of anilines is 1. The molecular formula is C23H26N6O3. The molecule has 2 aromatic rings. The van der Waals surface area contributed by atoms with Crippen LogP contribution in [0.3, 0.4) is 0 Å². The highest BCUT2D eigenvalue weighted by Crippen LogP contribution is 2.50. The molecule has 9 heteroatoms. The zero-order chi connectivity index (χ0) is 22.9. The van der Waals surface area contributed by atoms with Crippen LogP contribution in [0.5, 0.6) is 0 Å². The third kappa shape index (κ3) is 3.91. The number of aromatic nitrogens is 4. The van der Waals surface area contributed by atoms with Crippen LogP contribution in [0, 0.1) is 18.3 Å². The lowest BCUT2D eigenvalue weighted by Crippen LogP contribution is -2.33. The zero-order valence-electron chi connectivity index (χ0n) is 18.6. The fourth-order valence-corrected chi connectivity index (χ4v) is 4.03. The predicted octanol–water partition coefficient (Wildman–Crippen LogP) is 2.31. The molecule has 0 aromatic carbocycles. The summed E-state index contributed by atoms with van der Waals surface area (Å²) in [4.78, 5) is 44.6. The van der Waals surface area contributed by atoms with Gasteiger partial charge < -0.3 is 10.1 Å². The highest BCUT2D eigenvalue weighted by Gasteiger charge is 2.52. The van der Waals surface area contributed by atoms with Crippen LogP contribution >= 0.6 is 0 Å². The number of nitrogens with zero attached hydrogens (tertiary/aromatic N) is 5. The molecule has 1 N–H and O–H groups in total. The summed E-state index contributed by atoms with van der Waals surface area (Å²) in [6, 6.07) is 0. The van der Waals surface area contributed by atoms with E-state index in [1.165, 1.54) is 12.4 Å². The number of rotatable bonds is 6. The molecule has 3 heterocycles. The van der Waals surface area contributed by atoms with Crippen LogP contribution in [0.15, 0.2) is 42.6 Å². The van der Waals surface area contributed by atoms with Gasteiger partial charge in [0.25, 0.3) is 5.91 Å². The molecule has 2 aromatic heterocycles. The lowest BCUT2D eigenvalue weighted by molar-refractivity contribution is -0.125. The van der Waals surface area contributed by atoms with E-state index in [0.29, 0.717) is 31.2 Å². The Labute approximate surface area is 186 Å². The van der Waals surface area contributed by atoms with E-state index in [1.807, 2.05) is 26.8 Å². The van der Waals surface area contributed by atoms with Gasteiger partial charge in [-0.3, -0.25) is 19.5 Å². The van der Waals surface area contributed by atoms with Crippen LogP contribution < -0.4 is 10.2 Å². The standard InChI is InChI=1S/C23H26N6O3/c1-14-26-10-16(11-27-14)15-5-6-17-19(9-15)29(22(31)23(17,2)3)20-13-24-12-18(28-20)21(30)25-7-8-32-4/h5,9-13,17H,6-8H2,1-4H3,(H,25,30). The Kier molecular flexibility index (Phi) is 5.84. The molecule has 166 valence electrons. The van der Waals surface area contributed by atoms with E-state index in [9.17, 15) is 9.59 Å². The maximum absolute atomic E-state index is 13.4. The van der Waals surface area contributed by atoms with Crippen molar-refractivity contribution >= 4 is 23.2 Å². The number of fused-ring (bicyclic) bond motifs is 1. The molecule has 32 heavy (non-hydrogen) atoms. The van der Waals surface area contributed by atoms with Crippen LogP contribution in [-0.4, -0.2) is 52.0 Å². The Morgan fingerprint density at radius 2 is 2.00 bits per heavy atom. The number of allylic oxidation sites excluding steroid dienone is 4. The summed E-state index contributed by atoms with van der Waals surface area (Å²) in [6.45, 7) is 6.47. The Morgan fingerprint density at radius 1 is 1.25 bits per heavy atom. The Balaban J connectivity index is 1.69. The minimum absolute atomic E-state index is 0.00824. The van der Waals surface area contributed by atoms with E-state index in [1.54, 1.807) is 24.4 Å². The van der Waals surface area contributed by atoms with Crippen molar-refractivity contribution < 1.29 is 14.3 Å². The van der Waals surface area contributed by atoms with E-state index in [-0.39, 0.29) is 23.4 Å². The van der Waals surface area contributed by atoms with Gasteiger partial charge in [-0.25, -0.2) is 15.0 Å². The quantitative estimate of drug-likeness (QED) is 0.695. The van der Waals surface area contributed by atoms with Crippen molar-refractivity contribution in [2.45, 2.75) is 27.2 Å². The lowest BCUT2D eigenvalue weighted by atomic mass is 9.75. The van der Waals surface area contributed by atoms with Gasteiger partial charge in [0.05, 0.1) is 24.4 Å². The Bertz CT molecular complexity index is 1110. The number of carbonyl (C=O) groups excluding carboxylic acids is 2. The molecule has 9 nitrogen and oxygen atoms in total. The highest BCUT2D eigenvalue weighted by atomic mass is 16.5. The number of hydrogen-bond acceptors (Lipinski definition) is 7.